The first-order valence-electron chi connectivity index (χ1n) is 8.37. The number of nitro groups is 1. The Bertz CT molecular complexity index is 664. The van der Waals surface area contributed by atoms with Crippen molar-refractivity contribution in [2.24, 2.45) is 22.9 Å². The molecule has 8 heteroatoms. The van der Waals surface area contributed by atoms with E-state index >= 15 is 0 Å². The van der Waals surface area contributed by atoms with Gasteiger partial charge in [0.1, 0.15) is 4.92 Å². The van der Waals surface area contributed by atoms with Gasteiger partial charge in [0, 0.05) is 5.54 Å². The molecule has 0 aromatic carbocycles. The van der Waals surface area contributed by atoms with E-state index in [1.54, 1.807) is 0 Å². The van der Waals surface area contributed by atoms with Crippen LogP contribution >= 0.6 is 12.2 Å². The van der Waals surface area contributed by atoms with Crippen molar-refractivity contribution in [2.45, 2.75) is 44.1 Å². The van der Waals surface area contributed by atoms with Gasteiger partial charge in [0.2, 0.25) is 0 Å². The minimum atomic E-state index is -0.579. The maximum absolute atomic E-state index is 10.6. The third-order valence-corrected chi connectivity index (χ3v) is 5.76. The number of nitrogens with zero attached hydrogens (tertiary/aromatic N) is 2. The second-order valence-corrected chi connectivity index (χ2v) is 7.86. The molecular formula is C16H20N4O3S. The minimum Gasteiger partial charge on any atom is -0.400 e. The molecule has 4 aliphatic rings. The lowest BCUT2D eigenvalue weighted by atomic mass is 9.53. The number of hydrazone groups is 1. The zero-order chi connectivity index (χ0) is 16.7. The normalized spacial score (nSPS) is 33.8. The van der Waals surface area contributed by atoms with Crippen molar-refractivity contribution in [3.05, 3.63) is 28.0 Å². The molecule has 0 saturated heterocycles. The number of furan rings is 1. The fraction of sp³-hybridized carbons (Fsp3) is 0.625. The van der Waals surface area contributed by atoms with Crippen LogP contribution in [0.2, 0.25) is 0 Å². The maximum atomic E-state index is 10.6. The molecule has 24 heavy (non-hydrogen) atoms. The highest BCUT2D eigenvalue weighted by molar-refractivity contribution is 7.80. The summed E-state index contributed by atoms with van der Waals surface area (Å²) < 4.78 is 5.01. The number of rotatable bonds is 4. The summed E-state index contributed by atoms with van der Waals surface area (Å²) in [5.41, 5.74) is 2.94. The van der Waals surface area contributed by atoms with Gasteiger partial charge in [-0.2, -0.15) is 5.10 Å². The van der Waals surface area contributed by atoms with E-state index in [-0.39, 0.29) is 11.4 Å². The molecule has 4 saturated carbocycles. The van der Waals surface area contributed by atoms with Gasteiger partial charge in [0.25, 0.3) is 0 Å². The lowest BCUT2D eigenvalue weighted by Crippen LogP contribution is -2.61. The van der Waals surface area contributed by atoms with E-state index in [9.17, 15) is 10.1 Å². The van der Waals surface area contributed by atoms with E-state index in [0.717, 1.165) is 17.8 Å². The van der Waals surface area contributed by atoms with Gasteiger partial charge in [-0.25, -0.2) is 0 Å². The van der Waals surface area contributed by atoms with Gasteiger partial charge in [0.15, 0.2) is 10.9 Å². The van der Waals surface area contributed by atoms with Crippen LogP contribution in [0.5, 0.6) is 0 Å². The molecule has 4 bridgehead atoms. The predicted molar refractivity (Wildman–Crippen MR) is 92.7 cm³/mol. The van der Waals surface area contributed by atoms with Gasteiger partial charge in [-0.1, -0.05) is 0 Å². The van der Waals surface area contributed by atoms with Crippen molar-refractivity contribution in [3.8, 4) is 0 Å². The Kier molecular flexibility index (Phi) is 3.79. The summed E-state index contributed by atoms with van der Waals surface area (Å²) >= 11 is 5.38. The van der Waals surface area contributed by atoms with Crippen LogP contribution in [0.15, 0.2) is 21.7 Å². The number of nitrogens with one attached hydrogen (secondary N) is 2. The van der Waals surface area contributed by atoms with Gasteiger partial charge >= 0.3 is 5.88 Å². The Morgan fingerprint density at radius 2 is 1.92 bits per heavy atom. The Morgan fingerprint density at radius 1 is 1.29 bits per heavy atom. The average molecular weight is 348 g/mol. The fourth-order valence-corrected chi connectivity index (χ4v) is 5.47. The van der Waals surface area contributed by atoms with Crippen LogP contribution in [0.1, 0.15) is 44.3 Å². The lowest BCUT2D eigenvalue weighted by Gasteiger charge is -2.57. The molecule has 0 amide bonds. The number of thiocarbonyl (C=S) groups is 1. The van der Waals surface area contributed by atoms with Crippen molar-refractivity contribution in [1.82, 2.24) is 10.7 Å². The van der Waals surface area contributed by atoms with Crippen LogP contribution in [0.3, 0.4) is 0 Å². The lowest BCUT2D eigenvalue weighted by molar-refractivity contribution is -0.402. The van der Waals surface area contributed by atoms with Crippen LogP contribution < -0.4 is 10.7 Å². The number of hydrogen-bond acceptors (Lipinski definition) is 5. The van der Waals surface area contributed by atoms with E-state index in [4.69, 9.17) is 16.6 Å². The van der Waals surface area contributed by atoms with Gasteiger partial charge in [-0.05, 0) is 74.6 Å². The molecular weight excluding hydrogens is 328 g/mol. The molecule has 7 nitrogen and oxygen atoms in total. The van der Waals surface area contributed by atoms with Gasteiger partial charge in [0.05, 0.1) is 12.3 Å². The summed E-state index contributed by atoms with van der Waals surface area (Å²) in [7, 11) is 0. The molecule has 5 rings (SSSR count). The van der Waals surface area contributed by atoms with Crippen LogP contribution in [0.4, 0.5) is 5.88 Å². The highest BCUT2D eigenvalue weighted by Crippen LogP contribution is 2.55. The van der Waals surface area contributed by atoms with E-state index in [1.165, 1.54) is 56.9 Å². The molecule has 0 spiro atoms. The SMILES string of the molecule is O=[N+]([O-])c1ccc(/C=N/NC(=S)NC23CC4CC(CC(C4)C2)C3)o1. The highest BCUT2D eigenvalue weighted by Gasteiger charge is 2.51. The second-order valence-electron chi connectivity index (χ2n) is 7.46. The predicted octanol–water partition coefficient (Wildman–Crippen LogP) is 2.95. The first kappa shape index (κ1) is 15.6. The molecule has 128 valence electrons. The Labute approximate surface area is 145 Å². The third-order valence-electron chi connectivity index (χ3n) is 5.57. The van der Waals surface area contributed by atoms with E-state index in [0.29, 0.717) is 10.9 Å². The van der Waals surface area contributed by atoms with E-state index in [1.807, 2.05) is 0 Å². The van der Waals surface area contributed by atoms with Gasteiger partial charge < -0.3 is 9.73 Å². The Morgan fingerprint density at radius 3 is 2.46 bits per heavy atom. The fourth-order valence-electron chi connectivity index (χ4n) is 5.20. The van der Waals surface area contributed by atoms with E-state index < -0.39 is 4.92 Å². The molecule has 0 aliphatic heterocycles. The Hall–Kier alpha value is -1.96. The summed E-state index contributed by atoms with van der Waals surface area (Å²) in [5.74, 6) is 2.55. The summed E-state index contributed by atoms with van der Waals surface area (Å²) in [6, 6.07) is 2.80. The smallest absolute Gasteiger partial charge is 0.400 e. The molecule has 2 N–H and O–H groups in total. The van der Waals surface area contributed by atoms with Crippen LogP contribution in [0, 0.1) is 27.9 Å². The average Bonchev–Trinajstić information content (AvgIpc) is 2.94. The van der Waals surface area contributed by atoms with Crippen LogP contribution in [-0.4, -0.2) is 21.8 Å². The van der Waals surface area contributed by atoms with Crippen molar-refractivity contribution in [2.75, 3.05) is 0 Å². The minimum absolute atomic E-state index is 0.137. The summed E-state index contributed by atoms with van der Waals surface area (Å²) in [4.78, 5) is 9.99. The zero-order valence-corrected chi connectivity index (χ0v) is 14.1. The van der Waals surface area contributed by atoms with Gasteiger partial charge in [-0.15, -0.1) is 0 Å². The first-order valence-corrected chi connectivity index (χ1v) is 8.78. The van der Waals surface area contributed by atoms with Crippen LogP contribution in [0.25, 0.3) is 0 Å². The standard InChI is InChI=1S/C16H20N4O3S/c21-20(22)14-2-1-13(23-14)9-17-19-15(24)18-16-6-10-3-11(7-16)5-12(4-10)8-16/h1-2,9-12H,3-8H2,(H2,18,19,24)/b17-9+. The molecule has 0 unspecified atom stereocenters. The quantitative estimate of drug-likeness (QED) is 0.376. The van der Waals surface area contributed by atoms with Crippen LogP contribution in [-0.2, 0) is 0 Å². The largest absolute Gasteiger partial charge is 0.433 e. The van der Waals surface area contributed by atoms with Crippen molar-refractivity contribution >= 4 is 29.4 Å². The van der Waals surface area contributed by atoms with Crippen molar-refractivity contribution in [1.29, 1.82) is 0 Å². The third kappa shape index (κ3) is 3.02. The number of hydrogen-bond donors (Lipinski definition) is 2. The highest BCUT2D eigenvalue weighted by atomic mass is 32.1. The molecule has 1 heterocycles. The zero-order valence-electron chi connectivity index (χ0n) is 13.2. The first-order chi connectivity index (χ1) is 11.5. The molecule has 4 aliphatic carbocycles. The van der Waals surface area contributed by atoms with Crippen molar-refractivity contribution in [3.63, 3.8) is 0 Å². The molecule has 1 aromatic rings. The summed E-state index contributed by atoms with van der Waals surface area (Å²) in [5, 5.41) is 18.6. The maximum Gasteiger partial charge on any atom is 0.433 e. The summed E-state index contributed by atoms with van der Waals surface area (Å²) in [6.45, 7) is 0. The molecule has 1 aromatic heterocycles. The monoisotopic (exact) mass is 348 g/mol. The van der Waals surface area contributed by atoms with Gasteiger partial charge in [-0.3, -0.25) is 15.5 Å². The molecule has 4 fully saturated rings. The summed E-state index contributed by atoms with van der Waals surface area (Å²) in [6.07, 6.45) is 9.16. The second kappa shape index (κ2) is 5.84. The molecule has 0 radical (unpaired) electrons. The van der Waals surface area contributed by atoms with E-state index in [2.05, 4.69) is 15.8 Å². The topological polar surface area (TPSA) is 92.7 Å². The van der Waals surface area contributed by atoms with Crippen molar-refractivity contribution < 1.29 is 9.34 Å². The molecule has 0 atom stereocenters. The Balaban J connectivity index is 1.33.